The van der Waals surface area contributed by atoms with Crippen LogP contribution in [0.3, 0.4) is 0 Å². The second-order valence-corrected chi connectivity index (χ2v) is 4.08. The van der Waals surface area contributed by atoms with Gasteiger partial charge in [-0.3, -0.25) is 9.59 Å². The van der Waals surface area contributed by atoms with Gasteiger partial charge in [-0.05, 0) is 24.1 Å². The number of amides is 1. The monoisotopic (exact) mass is 266 g/mol. The molecule has 1 unspecified atom stereocenters. The minimum atomic E-state index is -0.885. The van der Waals surface area contributed by atoms with Gasteiger partial charge in [0.1, 0.15) is 5.75 Å². The van der Waals surface area contributed by atoms with Crippen molar-refractivity contribution >= 4 is 11.9 Å². The van der Waals surface area contributed by atoms with Crippen LogP contribution in [0.1, 0.15) is 34.8 Å². The number of benzene rings is 1. The lowest BCUT2D eigenvalue weighted by molar-refractivity contribution is -0.137. The summed E-state index contributed by atoms with van der Waals surface area (Å²) in [7, 11) is 3.00. The third-order valence-corrected chi connectivity index (χ3v) is 2.79. The van der Waals surface area contributed by atoms with Gasteiger partial charge >= 0.3 is 5.97 Å². The van der Waals surface area contributed by atoms with Crippen LogP contribution in [-0.4, -0.2) is 31.1 Å². The predicted octanol–water partition coefficient (Wildman–Crippen LogP) is 0.919. The number of carbonyl (C=O) groups excluding carboxylic acids is 1. The van der Waals surface area contributed by atoms with Crippen LogP contribution in [0.5, 0.6) is 5.75 Å². The first-order valence-electron chi connectivity index (χ1n) is 5.87. The van der Waals surface area contributed by atoms with Gasteiger partial charge in [-0.1, -0.05) is 6.07 Å². The number of nitrogens with two attached hydrogens (primary N) is 1. The lowest BCUT2D eigenvalue weighted by Gasteiger charge is -2.14. The van der Waals surface area contributed by atoms with Crippen molar-refractivity contribution in [2.24, 2.45) is 5.73 Å². The van der Waals surface area contributed by atoms with Crippen LogP contribution < -0.4 is 15.8 Å². The fourth-order valence-corrected chi connectivity index (χ4v) is 1.71. The molecule has 19 heavy (non-hydrogen) atoms. The van der Waals surface area contributed by atoms with E-state index in [9.17, 15) is 9.59 Å². The molecule has 104 valence electrons. The van der Waals surface area contributed by atoms with Crippen LogP contribution >= 0.6 is 0 Å². The molecule has 1 atom stereocenters. The van der Waals surface area contributed by atoms with Gasteiger partial charge in [-0.2, -0.15) is 0 Å². The number of methoxy groups -OCH3 is 1. The first-order valence-corrected chi connectivity index (χ1v) is 5.87. The maximum Gasteiger partial charge on any atom is 0.303 e. The molecule has 1 amide bonds. The van der Waals surface area contributed by atoms with E-state index in [2.05, 4.69) is 5.32 Å². The quantitative estimate of drug-likeness (QED) is 0.710. The minimum Gasteiger partial charge on any atom is -0.496 e. The Balaban J connectivity index is 2.93. The molecule has 0 aromatic heterocycles. The van der Waals surface area contributed by atoms with Crippen LogP contribution in [0.25, 0.3) is 0 Å². The number of carbonyl (C=O) groups is 2. The molecule has 0 aliphatic heterocycles. The number of aliphatic carboxylic acids is 1. The first-order chi connectivity index (χ1) is 8.99. The lowest BCUT2D eigenvalue weighted by Crippen LogP contribution is -2.19. The van der Waals surface area contributed by atoms with Crippen molar-refractivity contribution in [3.63, 3.8) is 0 Å². The summed E-state index contributed by atoms with van der Waals surface area (Å²) in [5.41, 5.74) is 7.06. The third-order valence-electron chi connectivity index (χ3n) is 2.79. The molecule has 0 aliphatic carbocycles. The highest BCUT2D eigenvalue weighted by Crippen LogP contribution is 2.25. The highest BCUT2D eigenvalue weighted by Gasteiger charge is 2.14. The molecular formula is C13H18N2O4. The zero-order chi connectivity index (χ0) is 14.4. The Kier molecular flexibility index (Phi) is 5.32. The Morgan fingerprint density at radius 3 is 2.68 bits per heavy atom. The van der Waals surface area contributed by atoms with Crippen LogP contribution in [-0.2, 0) is 4.79 Å². The van der Waals surface area contributed by atoms with Crippen LogP contribution in [0, 0.1) is 0 Å². The Labute approximate surface area is 111 Å². The van der Waals surface area contributed by atoms with Gasteiger partial charge in [-0.25, -0.2) is 0 Å². The Bertz CT molecular complexity index is 474. The molecule has 0 saturated carbocycles. The first kappa shape index (κ1) is 15.0. The molecule has 0 fully saturated rings. The standard InChI is InChI=1S/C13H18N2O4/c1-15-13(18)9-4-3-8(7-11(9)19-2)10(14)5-6-12(16)17/h3-4,7,10H,5-6,14H2,1-2H3,(H,15,18)(H,16,17). The van der Waals surface area contributed by atoms with Crippen molar-refractivity contribution < 1.29 is 19.4 Å². The molecular weight excluding hydrogens is 248 g/mol. The molecule has 1 aromatic rings. The molecule has 0 aliphatic rings. The van der Waals surface area contributed by atoms with E-state index in [0.717, 1.165) is 5.56 Å². The summed E-state index contributed by atoms with van der Waals surface area (Å²) < 4.78 is 5.15. The molecule has 0 radical (unpaired) electrons. The minimum absolute atomic E-state index is 0.000674. The van der Waals surface area contributed by atoms with Crippen molar-refractivity contribution in [1.29, 1.82) is 0 Å². The van der Waals surface area contributed by atoms with Crippen LogP contribution in [0.4, 0.5) is 0 Å². The summed E-state index contributed by atoms with van der Waals surface area (Å²) in [6, 6.07) is 4.59. The number of nitrogens with one attached hydrogen (secondary N) is 1. The fraction of sp³-hybridized carbons (Fsp3) is 0.385. The Morgan fingerprint density at radius 1 is 1.47 bits per heavy atom. The zero-order valence-electron chi connectivity index (χ0n) is 11.0. The van der Waals surface area contributed by atoms with E-state index in [1.807, 2.05) is 0 Å². The van der Waals surface area contributed by atoms with Gasteiger partial charge in [0.15, 0.2) is 0 Å². The van der Waals surface area contributed by atoms with E-state index in [0.29, 0.717) is 17.7 Å². The van der Waals surface area contributed by atoms with Gasteiger partial charge < -0.3 is 20.9 Å². The third kappa shape index (κ3) is 3.96. The van der Waals surface area contributed by atoms with Crippen molar-refractivity contribution in [2.45, 2.75) is 18.9 Å². The van der Waals surface area contributed by atoms with Crippen molar-refractivity contribution in [3.05, 3.63) is 29.3 Å². The Morgan fingerprint density at radius 2 is 2.16 bits per heavy atom. The van der Waals surface area contributed by atoms with E-state index >= 15 is 0 Å². The second-order valence-electron chi connectivity index (χ2n) is 4.08. The number of hydrogen-bond donors (Lipinski definition) is 3. The van der Waals surface area contributed by atoms with E-state index in [1.165, 1.54) is 14.2 Å². The van der Waals surface area contributed by atoms with Crippen LogP contribution in [0.2, 0.25) is 0 Å². The van der Waals surface area contributed by atoms with E-state index in [1.54, 1.807) is 18.2 Å². The summed E-state index contributed by atoms with van der Waals surface area (Å²) in [4.78, 5) is 22.1. The summed E-state index contributed by atoms with van der Waals surface area (Å²) in [5, 5.41) is 11.1. The van der Waals surface area contributed by atoms with Gasteiger partial charge in [-0.15, -0.1) is 0 Å². The molecule has 0 heterocycles. The normalized spacial score (nSPS) is 11.7. The SMILES string of the molecule is CNC(=O)c1ccc(C(N)CCC(=O)O)cc1OC. The van der Waals surface area contributed by atoms with Gasteiger partial charge in [0.25, 0.3) is 5.91 Å². The number of ether oxygens (including phenoxy) is 1. The predicted molar refractivity (Wildman–Crippen MR) is 70.2 cm³/mol. The molecule has 0 saturated heterocycles. The highest BCUT2D eigenvalue weighted by molar-refractivity contribution is 5.96. The summed E-state index contributed by atoms with van der Waals surface area (Å²) in [5.74, 6) is -0.713. The molecule has 6 heteroatoms. The average molecular weight is 266 g/mol. The second kappa shape index (κ2) is 6.75. The number of hydrogen-bond acceptors (Lipinski definition) is 4. The number of rotatable bonds is 6. The lowest BCUT2D eigenvalue weighted by atomic mass is 10.0. The number of carboxylic acid groups (broad SMARTS) is 1. The highest BCUT2D eigenvalue weighted by atomic mass is 16.5. The largest absolute Gasteiger partial charge is 0.496 e. The zero-order valence-corrected chi connectivity index (χ0v) is 11.0. The van der Waals surface area contributed by atoms with E-state index in [-0.39, 0.29) is 12.3 Å². The topological polar surface area (TPSA) is 102 Å². The summed E-state index contributed by atoms with van der Waals surface area (Å²) in [6.07, 6.45) is 0.332. The van der Waals surface area contributed by atoms with Gasteiger partial charge in [0, 0.05) is 19.5 Å². The van der Waals surface area contributed by atoms with Crippen molar-refractivity contribution in [3.8, 4) is 5.75 Å². The van der Waals surface area contributed by atoms with Gasteiger partial charge in [0.2, 0.25) is 0 Å². The molecule has 6 nitrogen and oxygen atoms in total. The molecule has 4 N–H and O–H groups in total. The van der Waals surface area contributed by atoms with Crippen molar-refractivity contribution in [1.82, 2.24) is 5.32 Å². The Hall–Kier alpha value is -2.08. The average Bonchev–Trinajstić information content (AvgIpc) is 2.42. The summed E-state index contributed by atoms with van der Waals surface area (Å²) in [6.45, 7) is 0. The molecule has 0 bridgehead atoms. The maximum absolute atomic E-state index is 11.6. The summed E-state index contributed by atoms with van der Waals surface area (Å²) >= 11 is 0. The smallest absolute Gasteiger partial charge is 0.303 e. The van der Waals surface area contributed by atoms with E-state index < -0.39 is 12.0 Å². The van der Waals surface area contributed by atoms with Crippen molar-refractivity contribution in [2.75, 3.05) is 14.2 Å². The molecule has 1 aromatic carbocycles. The van der Waals surface area contributed by atoms with E-state index in [4.69, 9.17) is 15.6 Å². The molecule has 1 rings (SSSR count). The number of carboxylic acids is 1. The fourth-order valence-electron chi connectivity index (χ4n) is 1.71. The molecule has 0 spiro atoms. The van der Waals surface area contributed by atoms with Gasteiger partial charge in [0.05, 0.1) is 12.7 Å². The maximum atomic E-state index is 11.6. The van der Waals surface area contributed by atoms with Crippen LogP contribution in [0.15, 0.2) is 18.2 Å².